The fourth-order valence-electron chi connectivity index (χ4n) is 2.70. The first-order chi connectivity index (χ1) is 13.7. The number of hydrogen-bond donors (Lipinski definition) is 1. The number of aromatic nitrogens is 5. The minimum Gasteiger partial charge on any atom is -0.361 e. The van der Waals surface area contributed by atoms with Crippen molar-refractivity contribution in [2.24, 2.45) is 5.92 Å². The van der Waals surface area contributed by atoms with Crippen molar-refractivity contribution < 1.29 is 8.42 Å². The van der Waals surface area contributed by atoms with Crippen LogP contribution in [0.15, 0.2) is 34.3 Å². The number of sulfone groups is 1. The van der Waals surface area contributed by atoms with Crippen LogP contribution in [0.1, 0.15) is 26.3 Å². The highest BCUT2D eigenvalue weighted by atomic mass is 35.5. The van der Waals surface area contributed by atoms with Crippen molar-refractivity contribution in [1.29, 1.82) is 0 Å². The lowest BCUT2D eigenvalue weighted by Crippen LogP contribution is -2.28. The summed E-state index contributed by atoms with van der Waals surface area (Å²) in [7, 11) is -3.36. The molecule has 0 aromatic carbocycles. The number of halogens is 1. The summed E-state index contributed by atoms with van der Waals surface area (Å²) in [6.45, 7) is 6.25. The maximum absolute atomic E-state index is 12.9. The zero-order valence-corrected chi connectivity index (χ0v) is 17.8. The van der Waals surface area contributed by atoms with Gasteiger partial charge in [-0.1, -0.05) is 26.8 Å². The minimum absolute atomic E-state index is 0.0138. The number of pyridine rings is 1. The van der Waals surface area contributed by atoms with Crippen LogP contribution in [0.25, 0.3) is 11.2 Å². The molecule has 0 aliphatic carbocycles. The average Bonchev–Trinajstić information content (AvgIpc) is 2.69. The van der Waals surface area contributed by atoms with Gasteiger partial charge in [-0.2, -0.15) is 4.98 Å². The molecule has 0 spiro atoms. The van der Waals surface area contributed by atoms with Crippen LogP contribution >= 0.6 is 11.6 Å². The molecule has 3 aromatic heterocycles. The van der Waals surface area contributed by atoms with E-state index in [1.807, 2.05) is 13.8 Å². The van der Waals surface area contributed by atoms with Crippen molar-refractivity contribution in [1.82, 2.24) is 24.5 Å². The Morgan fingerprint density at radius 2 is 1.93 bits per heavy atom. The van der Waals surface area contributed by atoms with Crippen LogP contribution in [-0.2, 0) is 22.9 Å². The molecule has 0 amide bonds. The van der Waals surface area contributed by atoms with E-state index >= 15 is 0 Å². The van der Waals surface area contributed by atoms with Crippen LogP contribution in [0, 0.1) is 5.92 Å². The Hall–Kier alpha value is -2.59. The second-order valence-corrected chi connectivity index (χ2v) is 9.44. The normalized spacial score (nSPS) is 11.9. The predicted octanol–water partition coefficient (Wildman–Crippen LogP) is 2.30. The molecular weight excluding hydrogens is 416 g/mol. The second kappa shape index (κ2) is 8.42. The van der Waals surface area contributed by atoms with Crippen molar-refractivity contribution in [3.8, 4) is 0 Å². The van der Waals surface area contributed by atoms with Crippen LogP contribution in [-0.4, -0.2) is 38.7 Å². The van der Waals surface area contributed by atoms with Gasteiger partial charge in [0.2, 0.25) is 5.28 Å². The Kier molecular flexibility index (Phi) is 6.13. The largest absolute Gasteiger partial charge is 0.361 e. The zero-order valence-electron chi connectivity index (χ0n) is 16.3. The first-order valence-electron chi connectivity index (χ1n) is 9.06. The minimum atomic E-state index is -3.36. The monoisotopic (exact) mass is 436 g/mol. The van der Waals surface area contributed by atoms with E-state index in [9.17, 15) is 13.2 Å². The van der Waals surface area contributed by atoms with E-state index in [0.717, 1.165) is 0 Å². The van der Waals surface area contributed by atoms with Crippen LogP contribution in [0.5, 0.6) is 0 Å². The molecule has 0 unspecified atom stereocenters. The Morgan fingerprint density at radius 3 is 2.55 bits per heavy atom. The SMILES string of the molecule is CCS(=O)(=O)c1ccc(CNc2nc3cnc(Cl)nc3n(CC(C)C)c2=O)cn1. The molecule has 3 aromatic rings. The van der Waals surface area contributed by atoms with Gasteiger partial charge in [-0.15, -0.1) is 0 Å². The second-order valence-electron chi connectivity index (χ2n) is 6.88. The molecular formula is C18H21ClN6O3S. The van der Waals surface area contributed by atoms with Gasteiger partial charge in [0, 0.05) is 19.3 Å². The van der Waals surface area contributed by atoms with Crippen molar-refractivity contribution in [3.05, 3.63) is 45.7 Å². The average molecular weight is 437 g/mol. The molecule has 29 heavy (non-hydrogen) atoms. The third kappa shape index (κ3) is 4.70. The van der Waals surface area contributed by atoms with Gasteiger partial charge in [0.15, 0.2) is 26.3 Å². The molecule has 0 atom stereocenters. The smallest absolute Gasteiger partial charge is 0.294 e. The third-order valence-electron chi connectivity index (χ3n) is 4.16. The molecule has 0 aliphatic heterocycles. The number of nitrogens with one attached hydrogen (secondary N) is 1. The molecule has 9 nitrogen and oxygen atoms in total. The summed E-state index contributed by atoms with van der Waals surface area (Å²) in [4.78, 5) is 29.3. The van der Waals surface area contributed by atoms with Gasteiger partial charge >= 0.3 is 0 Å². The van der Waals surface area contributed by atoms with Gasteiger partial charge in [0.25, 0.3) is 5.56 Å². The zero-order chi connectivity index (χ0) is 21.2. The lowest BCUT2D eigenvalue weighted by atomic mass is 10.2. The van der Waals surface area contributed by atoms with Crippen molar-refractivity contribution in [2.75, 3.05) is 11.1 Å². The fourth-order valence-corrected chi connectivity index (χ4v) is 3.61. The lowest BCUT2D eigenvalue weighted by Gasteiger charge is -2.14. The molecule has 0 radical (unpaired) electrons. The Morgan fingerprint density at radius 1 is 1.17 bits per heavy atom. The van der Waals surface area contributed by atoms with Crippen LogP contribution < -0.4 is 10.9 Å². The van der Waals surface area contributed by atoms with Crippen molar-refractivity contribution in [2.45, 2.75) is 38.9 Å². The quantitative estimate of drug-likeness (QED) is 0.560. The molecule has 3 heterocycles. The number of fused-ring (bicyclic) bond motifs is 1. The summed E-state index contributed by atoms with van der Waals surface area (Å²) in [6.07, 6.45) is 2.93. The molecule has 3 rings (SSSR count). The summed E-state index contributed by atoms with van der Waals surface area (Å²) in [5, 5.41) is 3.07. The van der Waals surface area contributed by atoms with E-state index in [4.69, 9.17) is 11.6 Å². The standard InChI is InChI=1S/C18H21ClN6O3S/c1-4-29(27,28)14-6-5-12(7-20-14)8-21-15-17(26)25(10-11(2)3)16-13(23-15)9-22-18(19)24-16/h5-7,9,11H,4,8,10H2,1-3H3,(H,21,23). The van der Waals surface area contributed by atoms with E-state index in [0.29, 0.717) is 23.3 Å². The first kappa shape index (κ1) is 21.1. The Balaban J connectivity index is 1.91. The van der Waals surface area contributed by atoms with Crippen molar-refractivity contribution in [3.63, 3.8) is 0 Å². The number of anilines is 1. The van der Waals surface area contributed by atoms with E-state index in [1.165, 1.54) is 23.0 Å². The van der Waals surface area contributed by atoms with Gasteiger partial charge in [0.1, 0.15) is 5.52 Å². The van der Waals surface area contributed by atoms with Crippen LogP contribution in [0.2, 0.25) is 5.28 Å². The van der Waals surface area contributed by atoms with E-state index < -0.39 is 9.84 Å². The number of hydrogen-bond acceptors (Lipinski definition) is 8. The fraction of sp³-hybridized carbons (Fsp3) is 0.389. The van der Waals surface area contributed by atoms with Gasteiger partial charge in [-0.05, 0) is 29.1 Å². The van der Waals surface area contributed by atoms with Crippen molar-refractivity contribution >= 4 is 38.4 Å². The van der Waals surface area contributed by atoms with E-state index in [1.54, 1.807) is 13.0 Å². The summed E-state index contributed by atoms with van der Waals surface area (Å²) in [6, 6.07) is 3.11. The molecule has 11 heteroatoms. The lowest BCUT2D eigenvalue weighted by molar-refractivity contribution is 0.520. The highest BCUT2D eigenvalue weighted by molar-refractivity contribution is 7.91. The molecule has 1 N–H and O–H groups in total. The molecule has 0 aliphatic rings. The van der Waals surface area contributed by atoms with E-state index in [-0.39, 0.29) is 39.9 Å². The van der Waals surface area contributed by atoms with Crippen LogP contribution in [0.4, 0.5) is 5.82 Å². The van der Waals surface area contributed by atoms with Gasteiger partial charge in [-0.25, -0.2) is 23.4 Å². The highest BCUT2D eigenvalue weighted by Gasteiger charge is 2.15. The topological polar surface area (TPSA) is 120 Å². The molecule has 0 fully saturated rings. The van der Waals surface area contributed by atoms with Gasteiger partial charge in [0.05, 0.1) is 11.9 Å². The predicted molar refractivity (Wildman–Crippen MR) is 111 cm³/mol. The molecule has 154 valence electrons. The summed E-state index contributed by atoms with van der Waals surface area (Å²) >= 11 is 5.89. The van der Waals surface area contributed by atoms with E-state index in [2.05, 4.69) is 25.3 Å². The Bertz CT molecular complexity index is 1190. The molecule has 0 bridgehead atoms. The summed E-state index contributed by atoms with van der Waals surface area (Å²) in [5.41, 5.74) is 1.22. The maximum Gasteiger partial charge on any atom is 0.294 e. The van der Waals surface area contributed by atoms with Crippen LogP contribution in [0.3, 0.4) is 0 Å². The molecule has 0 saturated carbocycles. The Labute approximate surface area is 173 Å². The molecule has 0 saturated heterocycles. The summed E-state index contributed by atoms with van der Waals surface area (Å²) in [5.74, 6) is 0.339. The summed E-state index contributed by atoms with van der Waals surface area (Å²) < 4.78 is 25.2. The van der Waals surface area contributed by atoms with Gasteiger partial charge in [-0.3, -0.25) is 9.36 Å². The maximum atomic E-state index is 12.9. The third-order valence-corrected chi connectivity index (χ3v) is 5.98. The number of rotatable bonds is 7. The highest BCUT2D eigenvalue weighted by Crippen LogP contribution is 2.14. The number of nitrogens with zero attached hydrogens (tertiary/aromatic N) is 5. The van der Waals surface area contributed by atoms with Gasteiger partial charge < -0.3 is 5.32 Å². The first-order valence-corrected chi connectivity index (χ1v) is 11.1.